The first-order chi connectivity index (χ1) is 24.1. The highest BCUT2D eigenvalue weighted by atomic mass is 16.7. The van der Waals surface area contributed by atoms with E-state index in [0.717, 1.165) is 44.8 Å². The Kier molecular flexibility index (Phi) is 6.77. The first kappa shape index (κ1) is 30.9. The van der Waals surface area contributed by atoms with Crippen molar-refractivity contribution in [2.24, 2.45) is 0 Å². The SMILES string of the molecule is CCC1(C)OB(c2ccc3c(c2)c2cc4c(cc2n3-c2nc(-c3ccccc3)nc(-c3ccccc3)n2)C(C)(C)c2ccccc2-4)OC1(C)C. The van der Waals surface area contributed by atoms with Crippen LogP contribution in [-0.2, 0) is 14.7 Å². The largest absolute Gasteiger partial charge is 0.494 e. The van der Waals surface area contributed by atoms with Crippen LogP contribution in [0, 0.1) is 0 Å². The van der Waals surface area contributed by atoms with E-state index in [2.05, 4.69) is 101 Å². The van der Waals surface area contributed by atoms with Crippen molar-refractivity contribution in [3.8, 4) is 39.9 Å². The lowest BCUT2D eigenvalue weighted by Gasteiger charge is -2.35. The van der Waals surface area contributed by atoms with Crippen LogP contribution in [0.1, 0.15) is 59.1 Å². The Morgan fingerprint density at radius 1 is 0.600 bits per heavy atom. The quantitative estimate of drug-likeness (QED) is 0.173. The maximum Gasteiger partial charge on any atom is 0.494 e. The average molecular weight is 655 g/mol. The molecular formula is C43H39BN4O2. The number of benzene rings is 5. The summed E-state index contributed by atoms with van der Waals surface area (Å²) in [4.78, 5) is 15.3. The standard InChI is InChI=1S/C43H39BN4O2/c1-7-43(6)42(4,5)49-44(50-43)29-22-23-36-32(24-29)33-25-31-30-20-14-15-21-34(30)41(2,3)35(31)26-37(33)48(36)40-46-38(27-16-10-8-11-17-27)45-39(47-40)28-18-12-9-13-19-28/h8-26H,7H2,1-6H3. The molecule has 7 aromatic rings. The van der Waals surface area contributed by atoms with Gasteiger partial charge in [-0.05, 0) is 73.1 Å². The molecule has 2 aromatic heterocycles. The van der Waals surface area contributed by atoms with Gasteiger partial charge in [0.15, 0.2) is 11.6 Å². The molecule has 9 rings (SSSR count). The van der Waals surface area contributed by atoms with Crippen molar-refractivity contribution in [1.29, 1.82) is 0 Å². The van der Waals surface area contributed by atoms with Gasteiger partial charge in [-0.3, -0.25) is 4.57 Å². The van der Waals surface area contributed by atoms with E-state index >= 15 is 0 Å². The molecule has 1 saturated heterocycles. The van der Waals surface area contributed by atoms with Gasteiger partial charge in [-0.15, -0.1) is 0 Å². The molecule has 1 fully saturated rings. The molecule has 6 nitrogen and oxygen atoms in total. The molecule has 1 atom stereocenters. The van der Waals surface area contributed by atoms with Gasteiger partial charge in [-0.2, -0.15) is 9.97 Å². The van der Waals surface area contributed by atoms with E-state index in [4.69, 9.17) is 24.3 Å². The second-order valence-corrected chi connectivity index (χ2v) is 14.9. The van der Waals surface area contributed by atoms with Gasteiger partial charge in [0.1, 0.15) is 0 Å². The maximum absolute atomic E-state index is 6.67. The Labute approximate surface area is 293 Å². The van der Waals surface area contributed by atoms with Gasteiger partial charge in [-0.1, -0.05) is 118 Å². The fraction of sp³-hybridized carbons (Fsp3) is 0.233. The Morgan fingerprint density at radius 3 is 1.86 bits per heavy atom. The van der Waals surface area contributed by atoms with E-state index < -0.39 is 18.3 Å². The highest BCUT2D eigenvalue weighted by molar-refractivity contribution is 6.62. The predicted molar refractivity (Wildman–Crippen MR) is 203 cm³/mol. The predicted octanol–water partition coefficient (Wildman–Crippen LogP) is 9.30. The fourth-order valence-corrected chi connectivity index (χ4v) is 7.93. The molecule has 1 unspecified atom stereocenters. The molecule has 1 aliphatic heterocycles. The van der Waals surface area contributed by atoms with Gasteiger partial charge in [-0.25, -0.2) is 4.98 Å². The van der Waals surface area contributed by atoms with Crippen molar-refractivity contribution in [2.45, 2.75) is 64.6 Å². The molecule has 0 amide bonds. The molecule has 50 heavy (non-hydrogen) atoms. The normalized spacial score (nSPS) is 18.9. The molecule has 0 N–H and O–H groups in total. The van der Waals surface area contributed by atoms with Gasteiger partial charge in [0, 0.05) is 27.3 Å². The minimum Gasteiger partial charge on any atom is -0.399 e. The topological polar surface area (TPSA) is 62.1 Å². The van der Waals surface area contributed by atoms with Crippen molar-refractivity contribution >= 4 is 34.4 Å². The van der Waals surface area contributed by atoms with Crippen LogP contribution in [0.4, 0.5) is 0 Å². The Bertz CT molecular complexity index is 2400. The fourth-order valence-electron chi connectivity index (χ4n) is 7.93. The molecule has 0 spiro atoms. The summed E-state index contributed by atoms with van der Waals surface area (Å²) >= 11 is 0. The summed E-state index contributed by atoms with van der Waals surface area (Å²) in [5.41, 5.74) is 9.11. The van der Waals surface area contributed by atoms with Gasteiger partial charge in [0.2, 0.25) is 5.95 Å². The zero-order chi connectivity index (χ0) is 34.4. The van der Waals surface area contributed by atoms with Crippen molar-refractivity contribution in [1.82, 2.24) is 19.5 Å². The second-order valence-electron chi connectivity index (χ2n) is 14.9. The van der Waals surface area contributed by atoms with Gasteiger partial charge >= 0.3 is 7.12 Å². The monoisotopic (exact) mass is 654 g/mol. The molecule has 2 aliphatic rings. The highest BCUT2D eigenvalue weighted by Crippen LogP contribution is 2.51. The summed E-state index contributed by atoms with van der Waals surface area (Å²) in [7, 11) is -0.474. The maximum atomic E-state index is 6.67. The summed E-state index contributed by atoms with van der Waals surface area (Å²) in [6, 6.07) is 40.3. The van der Waals surface area contributed by atoms with Crippen molar-refractivity contribution in [3.63, 3.8) is 0 Å². The Morgan fingerprint density at radius 2 is 1.22 bits per heavy atom. The van der Waals surface area contributed by atoms with E-state index in [-0.39, 0.29) is 5.41 Å². The van der Waals surface area contributed by atoms with Crippen molar-refractivity contribution in [3.05, 3.63) is 126 Å². The van der Waals surface area contributed by atoms with Crippen LogP contribution in [0.2, 0.25) is 0 Å². The van der Waals surface area contributed by atoms with E-state index in [9.17, 15) is 0 Å². The molecule has 246 valence electrons. The number of rotatable bonds is 5. The Hall–Kier alpha value is -5.11. The average Bonchev–Trinajstić information content (AvgIpc) is 3.68. The molecule has 0 saturated carbocycles. The van der Waals surface area contributed by atoms with Crippen LogP contribution in [0.15, 0.2) is 115 Å². The lowest BCUT2D eigenvalue weighted by atomic mass is 9.78. The van der Waals surface area contributed by atoms with Crippen LogP contribution in [0.3, 0.4) is 0 Å². The molecule has 0 bridgehead atoms. The van der Waals surface area contributed by atoms with E-state index in [0.29, 0.717) is 17.6 Å². The van der Waals surface area contributed by atoms with Crippen LogP contribution in [-0.4, -0.2) is 37.8 Å². The first-order valence-corrected chi connectivity index (χ1v) is 17.5. The molecule has 3 heterocycles. The number of fused-ring (bicyclic) bond motifs is 6. The van der Waals surface area contributed by atoms with Crippen LogP contribution in [0.25, 0.3) is 61.7 Å². The summed E-state index contributed by atoms with van der Waals surface area (Å²) < 4.78 is 15.5. The number of hydrogen-bond donors (Lipinski definition) is 0. The lowest BCUT2D eigenvalue weighted by Crippen LogP contribution is -2.44. The minimum atomic E-state index is -0.474. The minimum absolute atomic E-state index is 0.169. The van der Waals surface area contributed by atoms with E-state index in [1.807, 2.05) is 60.7 Å². The lowest BCUT2D eigenvalue weighted by molar-refractivity contribution is -0.0118. The summed E-state index contributed by atoms with van der Waals surface area (Å²) in [5.74, 6) is 1.83. The highest BCUT2D eigenvalue weighted by Gasteiger charge is 2.53. The third-order valence-corrected chi connectivity index (χ3v) is 11.4. The molecule has 7 heteroatoms. The van der Waals surface area contributed by atoms with Gasteiger partial charge in [0.25, 0.3) is 0 Å². The summed E-state index contributed by atoms with van der Waals surface area (Å²) in [6.07, 6.45) is 0.853. The summed E-state index contributed by atoms with van der Waals surface area (Å²) in [5, 5.41) is 2.23. The zero-order valence-electron chi connectivity index (χ0n) is 29.4. The zero-order valence-corrected chi connectivity index (χ0v) is 29.4. The Balaban J connectivity index is 1.33. The number of aromatic nitrogens is 4. The number of hydrogen-bond acceptors (Lipinski definition) is 5. The van der Waals surface area contributed by atoms with E-state index in [1.54, 1.807) is 0 Å². The number of nitrogens with zero attached hydrogens (tertiary/aromatic N) is 4. The smallest absolute Gasteiger partial charge is 0.399 e. The van der Waals surface area contributed by atoms with Crippen LogP contribution in [0.5, 0.6) is 0 Å². The second kappa shape index (κ2) is 10.9. The molecule has 5 aromatic carbocycles. The van der Waals surface area contributed by atoms with Crippen LogP contribution < -0.4 is 5.46 Å². The van der Waals surface area contributed by atoms with Crippen molar-refractivity contribution in [2.75, 3.05) is 0 Å². The molecule has 0 radical (unpaired) electrons. The third kappa shape index (κ3) is 4.53. The van der Waals surface area contributed by atoms with Gasteiger partial charge < -0.3 is 9.31 Å². The first-order valence-electron chi connectivity index (χ1n) is 17.5. The molecule has 1 aliphatic carbocycles. The van der Waals surface area contributed by atoms with Crippen molar-refractivity contribution < 1.29 is 9.31 Å². The summed E-state index contributed by atoms with van der Waals surface area (Å²) in [6.45, 7) is 13.2. The van der Waals surface area contributed by atoms with Crippen LogP contribution >= 0.6 is 0 Å². The third-order valence-electron chi connectivity index (χ3n) is 11.4. The van der Waals surface area contributed by atoms with Gasteiger partial charge in [0.05, 0.1) is 22.2 Å². The molecular weight excluding hydrogens is 615 g/mol. The van der Waals surface area contributed by atoms with E-state index in [1.165, 1.54) is 22.3 Å².